The second kappa shape index (κ2) is 5.66. The van der Waals surface area contributed by atoms with Gasteiger partial charge < -0.3 is 14.2 Å². The van der Waals surface area contributed by atoms with Crippen molar-refractivity contribution in [2.45, 2.75) is 6.92 Å². The Morgan fingerprint density at radius 3 is 2.78 bits per heavy atom. The molecule has 0 N–H and O–H groups in total. The van der Waals surface area contributed by atoms with Crippen LogP contribution in [0.25, 0.3) is 11.2 Å². The van der Waals surface area contributed by atoms with E-state index in [2.05, 4.69) is 14.9 Å². The fourth-order valence-electron chi connectivity index (χ4n) is 2.73. The summed E-state index contributed by atoms with van der Waals surface area (Å²) in [6.45, 7) is 4.74. The third-order valence-electron chi connectivity index (χ3n) is 4.05. The number of hydrogen-bond acceptors (Lipinski definition) is 6. The first-order valence-electron chi connectivity index (χ1n) is 7.52. The minimum atomic E-state index is 0.122. The van der Waals surface area contributed by atoms with Gasteiger partial charge in [-0.1, -0.05) is 0 Å². The summed E-state index contributed by atoms with van der Waals surface area (Å²) < 4.78 is 5.75. The Kier molecular flexibility index (Phi) is 3.49. The fraction of sp³-hybridized carbons (Fsp3) is 0.312. The Morgan fingerprint density at radius 2 is 2.09 bits per heavy atom. The SMILES string of the molecule is Cc1ccsc1C(=O)N1CCN(c2nc3ncccc3o2)CC1. The maximum Gasteiger partial charge on any atom is 0.300 e. The van der Waals surface area contributed by atoms with E-state index in [1.54, 1.807) is 6.20 Å². The number of oxazole rings is 1. The first-order chi connectivity index (χ1) is 11.2. The molecular weight excluding hydrogens is 312 g/mol. The second-order valence-corrected chi connectivity index (χ2v) is 6.45. The molecule has 1 saturated heterocycles. The highest BCUT2D eigenvalue weighted by Gasteiger charge is 2.26. The number of carbonyl (C=O) groups is 1. The number of hydrogen-bond donors (Lipinski definition) is 0. The lowest BCUT2D eigenvalue weighted by molar-refractivity contribution is 0.0749. The number of carbonyl (C=O) groups excluding carboxylic acids is 1. The predicted octanol–water partition coefficient (Wildman–Crippen LogP) is 2.56. The monoisotopic (exact) mass is 328 g/mol. The molecule has 0 radical (unpaired) electrons. The molecule has 0 saturated carbocycles. The number of aryl methyl sites for hydroxylation is 1. The van der Waals surface area contributed by atoms with E-state index in [0.717, 1.165) is 10.4 Å². The van der Waals surface area contributed by atoms with Gasteiger partial charge in [0, 0.05) is 32.4 Å². The van der Waals surface area contributed by atoms with Gasteiger partial charge in [0.05, 0.1) is 4.88 Å². The highest BCUT2D eigenvalue weighted by Crippen LogP contribution is 2.23. The summed E-state index contributed by atoms with van der Waals surface area (Å²) in [5, 5.41) is 1.96. The van der Waals surface area contributed by atoms with E-state index in [4.69, 9.17) is 4.42 Å². The number of aromatic nitrogens is 2. The molecule has 3 aromatic heterocycles. The summed E-state index contributed by atoms with van der Waals surface area (Å²) in [6, 6.07) is 6.26. The van der Waals surface area contributed by atoms with Gasteiger partial charge in [0.15, 0.2) is 5.58 Å². The van der Waals surface area contributed by atoms with Gasteiger partial charge in [0.1, 0.15) is 0 Å². The number of nitrogens with zero attached hydrogens (tertiary/aromatic N) is 4. The van der Waals surface area contributed by atoms with Crippen LogP contribution in [0.4, 0.5) is 6.01 Å². The molecule has 1 fully saturated rings. The average Bonchev–Trinajstić information content (AvgIpc) is 3.20. The van der Waals surface area contributed by atoms with Crippen molar-refractivity contribution in [3.05, 3.63) is 40.2 Å². The fourth-order valence-corrected chi connectivity index (χ4v) is 3.62. The molecule has 4 heterocycles. The van der Waals surface area contributed by atoms with Crippen molar-refractivity contribution >= 4 is 34.5 Å². The molecule has 7 heteroatoms. The molecule has 4 rings (SSSR count). The van der Waals surface area contributed by atoms with Crippen molar-refractivity contribution in [3.8, 4) is 0 Å². The van der Waals surface area contributed by atoms with Crippen molar-refractivity contribution in [2.24, 2.45) is 0 Å². The number of amides is 1. The van der Waals surface area contributed by atoms with E-state index in [-0.39, 0.29) is 5.91 Å². The van der Waals surface area contributed by atoms with Gasteiger partial charge in [0.25, 0.3) is 11.9 Å². The summed E-state index contributed by atoms with van der Waals surface area (Å²) in [5.41, 5.74) is 2.36. The zero-order valence-corrected chi connectivity index (χ0v) is 13.5. The molecule has 0 aromatic carbocycles. The molecule has 0 spiro atoms. The molecule has 23 heavy (non-hydrogen) atoms. The summed E-state index contributed by atoms with van der Waals surface area (Å²) in [4.78, 5) is 25.9. The highest BCUT2D eigenvalue weighted by molar-refractivity contribution is 7.12. The van der Waals surface area contributed by atoms with Gasteiger partial charge in [-0.2, -0.15) is 4.98 Å². The Balaban J connectivity index is 1.46. The maximum absolute atomic E-state index is 12.5. The number of anilines is 1. The molecular formula is C16H16N4O2S. The smallest absolute Gasteiger partial charge is 0.300 e. The van der Waals surface area contributed by atoms with Crippen molar-refractivity contribution in [1.82, 2.24) is 14.9 Å². The highest BCUT2D eigenvalue weighted by atomic mass is 32.1. The number of fused-ring (bicyclic) bond motifs is 1. The summed E-state index contributed by atoms with van der Waals surface area (Å²) in [6.07, 6.45) is 1.70. The Hall–Kier alpha value is -2.41. The molecule has 1 amide bonds. The van der Waals surface area contributed by atoms with Crippen LogP contribution in [-0.4, -0.2) is 47.0 Å². The first-order valence-corrected chi connectivity index (χ1v) is 8.40. The lowest BCUT2D eigenvalue weighted by atomic mass is 10.2. The average molecular weight is 328 g/mol. The lowest BCUT2D eigenvalue weighted by Crippen LogP contribution is -2.48. The van der Waals surface area contributed by atoms with E-state index >= 15 is 0 Å². The molecule has 3 aromatic rings. The topological polar surface area (TPSA) is 62.5 Å². The van der Waals surface area contributed by atoms with Crippen LogP contribution in [0.3, 0.4) is 0 Å². The van der Waals surface area contributed by atoms with Gasteiger partial charge >= 0.3 is 0 Å². The van der Waals surface area contributed by atoms with Crippen molar-refractivity contribution < 1.29 is 9.21 Å². The molecule has 1 aliphatic rings. The number of piperazine rings is 1. The standard InChI is InChI=1S/C16H16N4O2S/c1-11-4-10-23-13(11)15(21)19-6-8-20(9-7-19)16-18-14-12(22-16)3-2-5-17-14/h2-5,10H,6-9H2,1H3. The third kappa shape index (κ3) is 2.57. The van der Waals surface area contributed by atoms with E-state index in [9.17, 15) is 4.79 Å². The van der Waals surface area contributed by atoms with E-state index in [0.29, 0.717) is 43.4 Å². The van der Waals surface area contributed by atoms with Crippen LogP contribution in [0.5, 0.6) is 0 Å². The molecule has 0 aliphatic carbocycles. The number of rotatable bonds is 2. The quantitative estimate of drug-likeness (QED) is 0.723. The Morgan fingerprint density at radius 1 is 1.26 bits per heavy atom. The zero-order valence-electron chi connectivity index (χ0n) is 12.7. The molecule has 6 nitrogen and oxygen atoms in total. The van der Waals surface area contributed by atoms with Crippen LogP contribution in [0, 0.1) is 6.92 Å². The van der Waals surface area contributed by atoms with Gasteiger partial charge in [-0.15, -0.1) is 11.3 Å². The second-order valence-electron chi connectivity index (χ2n) is 5.53. The minimum Gasteiger partial charge on any atom is -0.422 e. The van der Waals surface area contributed by atoms with Gasteiger partial charge in [-0.05, 0) is 36.1 Å². The molecule has 1 aliphatic heterocycles. The largest absolute Gasteiger partial charge is 0.422 e. The summed E-state index contributed by atoms with van der Waals surface area (Å²) >= 11 is 1.51. The maximum atomic E-state index is 12.5. The van der Waals surface area contributed by atoms with Gasteiger partial charge in [0.2, 0.25) is 5.65 Å². The van der Waals surface area contributed by atoms with E-state index in [1.165, 1.54) is 11.3 Å². The predicted molar refractivity (Wildman–Crippen MR) is 89.0 cm³/mol. The van der Waals surface area contributed by atoms with Gasteiger partial charge in [-0.3, -0.25) is 4.79 Å². The molecule has 0 unspecified atom stereocenters. The van der Waals surface area contributed by atoms with E-state index in [1.807, 2.05) is 35.4 Å². The van der Waals surface area contributed by atoms with Crippen LogP contribution in [0.1, 0.15) is 15.2 Å². The first kappa shape index (κ1) is 14.2. The van der Waals surface area contributed by atoms with Crippen molar-refractivity contribution in [1.29, 1.82) is 0 Å². The van der Waals surface area contributed by atoms with Crippen molar-refractivity contribution in [2.75, 3.05) is 31.1 Å². The molecule has 0 bridgehead atoms. The van der Waals surface area contributed by atoms with Crippen LogP contribution < -0.4 is 4.90 Å². The minimum absolute atomic E-state index is 0.122. The summed E-state index contributed by atoms with van der Waals surface area (Å²) in [7, 11) is 0. The number of thiophene rings is 1. The lowest BCUT2D eigenvalue weighted by Gasteiger charge is -2.33. The summed E-state index contributed by atoms with van der Waals surface area (Å²) in [5.74, 6) is 0.122. The molecule has 0 atom stereocenters. The zero-order chi connectivity index (χ0) is 15.8. The third-order valence-corrected chi connectivity index (χ3v) is 5.05. The normalized spacial score (nSPS) is 15.3. The van der Waals surface area contributed by atoms with Crippen LogP contribution in [-0.2, 0) is 0 Å². The van der Waals surface area contributed by atoms with Crippen molar-refractivity contribution in [3.63, 3.8) is 0 Å². The Labute approximate surface area is 137 Å². The van der Waals surface area contributed by atoms with Crippen LogP contribution in [0.2, 0.25) is 0 Å². The molecule has 118 valence electrons. The van der Waals surface area contributed by atoms with E-state index < -0.39 is 0 Å². The van der Waals surface area contributed by atoms with Crippen LogP contribution in [0.15, 0.2) is 34.2 Å². The van der Waals surface area contributed by atoms with Gasteiger partial charge in [-0.25, -0.2) is 4.98 Å². The number of pyridine rings is 1. The van der Waals surface area contributed by atoms with Crippen LogP contribution >= 0.6 is 11.3 Å². The Bertz CT molecular complexity index is 816.